The molecule has 2 aliphatic heterocycles. The summed E-state index contributed by atoms with van der Waals surface area (Å²) in [6.45, 7) is 6.21. The number of H-pyrrole nitrogens is 1. The molecule has 2 N–H and O–H groups in total. The predicted molar refractivity (Wildman–Crippen MR) is 105 cm³/mol. The van der Waals surface area contributed by atoms with E-state index in [9.17, 15) is 9.90 Å². The van der Waals surface area contributed by atoms with Crippen molar-refractivity contribution >= 4 is 28.4 Å². The number of halogens is 1. The topological polar surface area (TPSA) is 56.3 Å². The summed E-state index contributed by atoms with van der Waals surface area (Å²) >= 11 is 6.55. The van der Waals surface area contributed by atoms with Crippen LogP contribution >= 0.6 is 11.6 Å². The predicted octanol–water partition coefficient (Wildman–Crippen LogP) is 4.53. The molecular weight excluding hydrogens is 348 g/mol. The van der Waals surface area contributed by atoms with Gasteiger partial charge in [-0.2, -0.15) is 0 Å². The van der Waals surface area contributed by atoms with Crippen LogP contribution < -0.4 is 0 Å². The van der Waals surface area contributed by atoms with Gasteiger partial charge in [0.25, 0.3) is 0 Å². The first-order valence-corrected chi connectivity index (χ1v) is 10.0. The molecule has 3 fully saturated rings. The zero-order valence-corrected chi connectivity index (χ0v) is 16.4. The maximum absolute atomic E-state index is 13.1. The molecule has 5 rings (SSSR count). The number of hydrogen-bond donors (Lipinski definition) is 2. The van der Waals surface area contributed by atoms with E-state index in [0.29, 0.717) is 6.42 Å². The fraction of sp³-hybridized carbons (Fsp3) is 0.571. The highest BCUT2D eigenvalue weighted by molar-refractivity contribution is 6.36. The van der Waals surface area contributed by atoms with E-state index < -0.39 is 5.60 Å². The number of aromatic nitrogens is 1. The van der Waals surface area contributed by atoms with Crippen molar-refractivity contribution < 1.29 is 9.90 Å². The molecule has 2 unspecified atom stereocenters. The highest BCUT2D eigenvalue weighted by atomic mass is 35.5. The second-order valence-electron chi connectivity index (χ2n) is 8.32. The van der Waals surface area contributed by atoms with Crippen molar-refractivity contribution in [2.24, 2.45) is 0 Å². The van der Waals surface area contributed by atoms with E-state index in [2.05, 4.69) is 23.7 Å². The van der Waals surface area contributed by atoms with E-state index in [4.69, 9.17) is 11.6 Å². The average Bonchev–Trinajstić information content (AvgIpc) is 3.01. The second kappa shape index (κ2) is 6.28. The molecule has 3 aliphatic rings. The molecule has 4 nitrogen and oxygen atoms in total. The maximum Gasteiger partial charge on any atom is 0.223 e. The van der Waals surface area contributed by atoms with E-state index in [1.54, 1.807) is 0 Å². The number of benzene rings is 1. The van der Waals surface area contributed by atoms with Gasteiger partial charge in [-0.3, -0.25) is 4.79 Å². The van der Waals surface area contributed by atoms with Crippen LogP contribution in [-0.2, 0) is 4.79 Å². The Labute approximate surface area is 159 Å². The van der Waals surface area contributed by atoms with Gasteiger partial charge in [0.15, 0.2) is 0 Å². The van der Waals surface area contributed by atoms with Crippen molar-refractivity contribution in [3.05, 3.63) is 34.5 Å². The zero-order chi connectivity index (χ0) is 18.6. The third kappa shape index (κ3) is 2.74. The molecule has 0 spiro atoms. The summed E-state index contributed by atoms with van der Waals surface area (Å²) in [7, 11) is 0. The van der Waals surface area contributed by atoms with Gasteiger partial charge >= 0.3 is 0 Å². The number of hydrogen-bond acceptors (Lipinski definition) is 2. The Morgan fingerprint density at radius 1 is 1.42 bits per heavy atom. The molecule has 140 valence electrons. The number of aryl methyl sites for hydroxylation is 1. The molecule has 3 heterocycles. The largest absolute Gasteiger partial charge is 0.390 e. The Hall–Kier alpha value is -1.52. The minimum absolute atomic E-state index is 0.0916. The molecule has 1 aromatic carbocycles. The number of amides is 1. The van der Waals surface area contributed by atoms with Crippen LogP contribution in [0.2, 0.25) is 5.02 Å². The van der Waals surface area contributed by atoms with Gasteiger partial charge < -0.3 is 15.0 Å². The average molecular weight is 375 g/mol. The Kier molecular flexibility index (Phi) is 4.31. The number of carbonyl (C=O) groups excluding carboxylic acids is 1. The van der Waals surface area contributed by atoms with Gasteiger partial charge in [-0.25, -0.2) is 0 Å². The molecule has 2 atom stereocenters. The van der Waals surface area contributed by atoms with Crippen LogP contribution in [0.5, 0.6) is 0 Å². The molecular formula is C21H27ClN2O2. The minimum Gasteiger partial charge on any atom is -0.390 e. The van der Waals surface area contributed by atoms with Crippen LogP contribution in [0.25, 0.3) is 10.9 Å². The highest BCUT2D eigenvalue weighted by Crippen LogP contribution is 2.47. The fourth-order valence-electron chi connectivity index (χ4n) is 4.94. The maximum atomic E-state index is 13.1. The minimum atomic E-state index is -0.518. The van der Waals surface area contributed by atoms with E-state index in [0.717, 1.165) is 52.7 Å². The first kappa shape index (κ1) is 17.9. The van der Waals surface area contributed by atoms with Crippen molar-refractivity contribution in [3.8, 4) is 0 Å². The van der Waals surface area contributed by atoms with Crippen molar-refractivity contribution in [2.45, 2.75) is 76.5 Å². The summed E-state index contributed by atoms with van der Waals surface area (Å²) in [6, 6.07) is 4.44. The van der Waals surface area contributed by atoms with Gasteiger partial charge in [-0.1, -0.05) is 31.5 Å². The molecule has 2 aromatic rings. The van der Waals surface area contributed by atoms with Crippen molar-refractivity contribution in [1.82, 2.24) is 9.88 Å². The van der Waals surface area contributed by atoms with E-state index >= 15 is 0 Å². The molecule has 0 radical (unpaired) electrons. The lowest BCUT2D eigenvalue weighted by Crippen LogP contribution is -2.67. The van der Waals surface area contributed by atoms with Crippen LogP contribution in [0.15, 0.2) is 18.3 Å². The molecule has 1 aliphatic carbocycles. The summed E-state index contributed by atoms with van der Waals surface area (Å²) in [4.78, 5) is 18.5. The lowest BCUT2D eigenvalue weighted by molar-refractivity contribution is -0.178. The first-order valence-electron chi connectivity index (χ1n) is 9.62. The molecule has 2 bridgehead atoms. The third-order valence-corrected chi connectivity index (χ3v) is 6.90. The molecule has 1 saturated carbocycles. The van der Waals surface area contributed by atoms with Crippen LogP contribution in [0, 0.1) is 6.92 Å². The number of rotatable bonds is 4. The number of piperidine rings is 2. The summed E-state index contributed by atoms with van der Waals surface area (Å²) < 4.78 is 0. The smallest absolute Gasteiger partial charge is 0.223 e. The Bertz CT molecular complexity index is 853. The zero-order valence-electron chi connectivity index (χ0n) is 15.7. The van der Waals surface area contributed by atoms with Crippen molar-refractivity contribution in [1.29, 1.82) is 0 Å². The van der Waals surface area contributed by atoms with Crippen LogP contribution in [-0.4, -0.2) is 38.6 Å². The SMILES string of the molecule is CCC1CC2(O)CC(C2)N1C(=O)CC(C)c1c[nH]c2ccc(C)c(Cl)c12. The first-order chi connectivity index (χ1) is 12.3. The quantitative estimate of drug-likeness (QED) is 0.826. The number of aromatic amines is 1. The van der Waals surface area contributed by atoms with E-state index in [1.165, 1.54) is 0 Å². The monoisotopic (exact) mass is 374 g/mol. The second-order valence-corrected chi connectivity index (χ2v) is 8.70. The summed E-state index contributed by atoms with van der Waals surface area (Å²) in [5, 5.41) is 12.2. The number of nitrogens with one attached hydrogen (secondary N) is 1. The van der Waals surface area contributed by atoms with Crippen molar-refractivity contribution in [3.63, 3.8) is 0 Å². The lowest BCUT2D eigenvalue weighted by atomic mass is 9.66. The summed E-state index contributed by atoms with van der Waals surface area (Å²) in [5.74, 6) is 0.295. The standard InChI is InChI=1S/C21H27ClN2O2/c1-4-14-8-21(26)9-15(10-21)24(14)18(25)7-13(3)16-11-23-17-6-5-12(2)20(22)19(16)17/h5-6,11,13-15,23,26H,4,7-10H2,1-3H3. The van der Waals surface area contributed by atoms with Gasteiger partial charge in [0.2, 0.25) is 5.91 Å². The van der Waals surface area contributed by atoms with Gasteiger partial charge in [0.1, 0.15) is 0 Å². The highest BCUT2D eigenvalue weighted by Gasteiger charge is 2.54. The summed E-state index contributed by atoms with van der Waals surface area (Å²) in [5.41, 5.74) is 2.66. The number of nitrogens with zero attached hydrogens (tertiary/aromatic N) is 1. The molecule has 1 aromatic heterocycles. The van der Waals surface area contributed by atoms with Crippen LogP contribution in [0.4, 0.5) is 0 Å². The number of fused-ring (bicyclic) bond motifs is 3. The Balaban J connectivity index is 1.56. The van der Waals surface area contributed by atoms with E-state index in [-0.39, 0.29) is 23.9 Å². The van der Waals surface area contributed by atoms with Crippen LogP contribution in [0.1, 0.15) is 63.0 Å². The van der Waals surface area contributed by atoms with Gasteiger partial charge in [0, 0.05) is 35.6 Å². The van der Waals surface area contributed by atoms with E-state index in [1.807, 2.05) is 25.3 Å². The van der Waals surface area contributed by atoms with Gasteiger partial charge in [-0.05, 0) is 55.7 Å². The van der Waals surface area contributed by atoms with Crippen molar-refractivity contribution in [2.75, 3.05) is 0 Å². The molecule has 1 amide bonds. The third-order valence-electron chi connectivity index (χ3n) is 6.41. The summed E-state index contributed by atoms with van der Waals surface area (Å²) in [6.07, 6.45) is 5.56. The Morgan fingerprint density at radius 2 is 2.15 bits per heavy atom. The van der Waals surface area contributed by atoms with Gasteiger partial charge in [0.05, 0.1) is 10.6 Å². The fourth-order valence-corrected chi connectivity index (χ4v) is 5.21. The Morgan fingerprint density at radius 3 is 2.85 bits per heavy atom. The molecule has 5 heteroatoms. The molecule has 2 saturated heterocycles. The lowest BCUT2D eigenvalue weighted by Gasteiger charge is -2.58. The number of aliphatic hydroxyl groups is 1. The normalized spacial score (nSPS) is 28.9. The molecule has 26 heavy (non-hydrogen) atoms. The van der Waals surface area contributed by atoms with Crippen LogP contribution in [0.3, 0.4) is 0 Å². The number of carbonyl (C=O) groups is 1. The van der Waals surface area contributed by atoms with Gasteiger partial charge in [-0.15, -0.1) is 0 Å².